The normalized spacial score (nSPS) is 19.8. The van der Waals surface area contributed by atoms with Crippen molar-refractivity contribution in [1.82, 2.24) is 4.98 Å². The van der Waals surface area contributed by atoms with Crippen molar-refractivity contribution in [3.05, 3.63) is 23.0 Å². The van der Waals surface area contributed by atoms with Crippen LogP contribution in [-0.2, 0) is 0 Å². The highest BCUT2D eigenvalue weighted by atomic mass is 19.4. The van der Waals surface area contributed by atoms with E-state index in [1.165, 1.54) is 0 Å². The molecule has 1 unspecified atom stereocenters. The van der Waals surface area contributed by atoms with E-state index < -0.39 is 12.1 Å². The van der Waals surface area contributed by atoms with Crippen LogP contribution in [0.4, 0.5) is 18.9 Å². The second-order valence-electron chi connectivity index (χ2n) is 5.18. The highest BCUT2D eigenvalue weighted by Crippen LogP contribution is 2.36. The first kappa shape index (κ1) is 14.6. The molecule has 1 aliphatic heterocycles. The molecular formula is C14H16F3N3. The molecule has 0 amide bonds. The lowest BCUT2D eigenvalue weighted by Gasteiger charge is -2.35. The molecule has 1 atom stereocenters. The molecule has 0 saturated carbocycles. The Hall–Kier alpha value is -1.77. The van der Waals surface area contributed by atoms with Gasteiger partial charge < -0.3 is 4.90 Å². The van der Waals surface area contributed by atoms with Gasteiger partial charge in [-0.25, -0.2) is 0 Å². The van der Waals surface area contributed by atoms with Gasteiger partial charge in [-0.2, -0.15) is 18.4 Å². The first-order valence-electron chi connectivity index (χ1n) is 6.53. The Bertz CT molecular complexity index is 546. The van der Waals surface area contributed by atoms with Gasteiger partial charge >= 0.3 is 6.18 Å². The van der Waals surface area contributed by atoms with Gasteiger partial charge in [-0.3, -0.25) is 4.98 Å². The van der Waals surface area contributed by atoms with E-state index in [0.29, 0.717) is 35.6 Å². The van der Waals surface area contributed by atoms with Crippen LogP contribution < -0.4 is 4.90 Å². The number of hydrogen-bond acceptors (Lipinski definition) is 3. The number of anilines is 1. The predicted molar refractivity (Wildman–Crippen MR) is 69.4 cm³/mol. The van der Waals surface area contributed by atoms with Crippen molar-refractivity contribution in [2.75, 3.05) is 18.0 Å². The molecule has 1 fully saturated rings. The molecule has 0 spiro atoms. The number of nitrogens with zero attached hydrogens (tertiary/aromatic N) is 3. The summed E-state index contributed by atoms with van der Waals surface area (Å²) in [4.78, 5) is 5.86. The van der Waals surface area contributed by atoms with E-state index in [2.05, 4.69) is 11.1 Å². The molecule has 1 aromatic rings. The van der Waals surface area contributed by atoms with Gasteiger partial charge in [0.05, 0.1) is 22.9 Å². The van der Waals surface area contributed by atoms with E-state index in [9.17, 15) is 18.4 Å². The molecule has 0 radical (unpaired) electrons. The lowest BCUT2D eigenvalue weighted by atomic mass is 9.96. The minimum absolute atomic E-state index is 0.0823. The quantitative estimate of drug-likeness (QED) is 0.793. The maximum absolute atomic E-state index is 12.9. The van der Waals surface area contributed by atoms with Crippen LogP contribution in [0.5, 0.6) is 0 Å². The monoisotopic (exact) mass is 283 g/mol. The molecule has 2 rings (SSSR count). The lowest BCUT2D eigenvalue weighted by Crippen LogP contribution is -2.42. The number of hydrogen-bond donors (Lipinski definition) is 0. The maximum atomic E-state index is 12.9. The molecule has 1 aliphatic rings. The zero-order valence-corrected chi connectivity index (χ0v) is 11.5. The second kappa shape index (κ2) is 5.31. The van der Waals surface area contributed by atoms with Crippen molar-refractivity contribution < 1.29 is 13.2 Å². The fourth-order valence-electron chi connectivity index (χ4n) is 2.66. The number of halogens is 3. The van der Waals surface area contributed by atoms with Crippen LogP contribution in [0.3, 0.4) is 0 Å². The van der Waals surface area contributed by atoms with Crippen LogP contribution in [0.15, 0.2) is 6.07 Å². The third-order valence-electron chi connectivity index (χ3n) is 3.64. The van der Waals surface area contributed by atoms with Crippen molar-refractivity contribution in [3.63, 3.8) is 0 Å². The molecule has 0 aliphatic carbocycles. The minimum atomic E-state index is -4.18. The maximum Gasteiger partial charge on any atom is 0.393 e. The smallest absolute Gasteiger partial charge is 0.370 e. The van der Waals surface area contributed by atoms with Gasteiger partial charge in [-0.15, -0.1) is 0 Å². The summed E-state index contributed by atoms with van der Waals surface area (Å²) in [6, 6.07) is 3.76. The third-order valence-corrected chi connectivity index (χ3v) is 3.64. The van der Waals surface area contributed by atoms with E-state index in [0.717, 1.165) is 0 Å². The van der Waals surface area contributed by atoms with Gasteiger partial charge in [0.15, 0.2) is 0 Å². The van der Waals surface area contributed by atoms with Crippen LogP contribution in [0.2, 0.25) is 0 Å². The summed E-state index contributed by atoms with van der Waals surface area (Å²) >= 11 is 0. The summed E-state index contributed by atoms with van der Waals surface area (Å²) in [5, 5.41) is 9.21. The molecule has 108 valence electrons. The number of nitriles is 1. The van der Waals surface area contributed by atoms with Crippen molar-refractivity contribution in [3.8, 4) is 6.07 Å². The molecule has 0 aromatic carbocycles. The largest absolute Gasteiger partial charge is 0.393 e. The lowest BCUT2D eigenvalue weighted by molar-refractivity contribution is -0.175. The van der Waals surface area contributed by atoms with Crippen molar-refractivity contribution in [2.45, 2.75) is 32.9 Å². The molecule has 1 saturated heterocycles. The van der Waals surface area contributed by atoms with E-state index in [-0.39, 0.29) is 13.0 Å². The average Bonchev–Trinajstić information content (AvgIpc) is 2.37. The molecule has 6 heteroatoms. The Morgan fingerprint density at radius 3 is 2.70 bits per heavy atom. The highest BCUT2D eigenvalue weighted by molar-refractivity contribution is 5.61. The van der Waals surface area contributed by atoms with Gasteiger partial charge in [0.2, 0.25) is 0 Å². The first-order valence-corrected chi connectivity index (χ1v) is 6.53. The number of aromatic nitrogens is 1. The van der Waals surface area contributed by atoms with E-state index in [1.54, 1.807) is 24.8 Å². The van der Waals surface area contributed by atoms with Crippen molar-refractivity contribution >= 4 is 5.69 Å². The minimum Gasteiger partial charge on any atom is -0.370 e. The molecule has 0 bridgehead atoms. The van der Waals surface area contributed by atoms with Crippen molar-refractivity contribution in [2.24, 2.45) is 5.92 Å². The zero-order valence-electron chi connectivity index (χ0n) is 11.5. The molecule has 1 aromatic heterocycles. The summed E-state index contributed by atoms with van der Waals surface area (Å²) in [5.74, 6) is -1.32. The van der Waals surface area contributed by atoms with Gasteiger partial charge in [0.1, 0.15) is 6.07 Å². The highest BCUT2D eigenvalue weighted by Gasteiger charge is 2.42. The van der Waals surface area contributed by atoms with Crippen LogP contribution in [0.1, 0.15) is 29.8 Å². The summed E-state index contributed by atoms with van der Waals surface area (Å²) in [6.07, 6.45) is -3.54. The Balaban J connectivity index is 2.35. The zero-order chi connectivity index (χ0) is 14.9. The van der Waals surface area contributed by atoms with Gasteiger partial charge in [-0.05, 0) is 32.8 Å². The number of piperidine rings is 1. The van der Waals surface area contributed by atoms with Crippen LogP contribution in [-0.4, -0.2) is 24.2 Å². The predicted octanol–water partition coefficient (Wildman–Crippen LogP) is 3.35. The van der Waals surface area contributed by atoms with Crippen LogP contribution >= 0.6 is 0 Å². The fraction of sp³-hybridized carbons (Fsp3) is 0.571. The third kappa shape index (κ3) is 2.87. The number of pyridine rings is 1. The van der Waals surface area contributed by atoms with Crippen LogP contribution in [0, 0.1) is 31.1 Å². The Labute approximate surface area is 116 Å². The van der Waals surface area contributed by atoms with E-state index in [1.807, 2.05) is 0 Å². The Morgan fingerprint density at radius 2 is 2.10 bits per heavy atom. The molecule has 0 N–H and O–H groups in total. The SMILES string of the molecule is Cc1cc(N2CCCC(C(F)(F)F)C2)c(C#N)c(C)n1. The Morgan fingerprint density at radius 1 is 1.40 bits per heavy atom. The standard InChI is InChI=1S/C14H16F3N3/c1-9-6-13(12(7-18)10(2)19-9)20-5-3-4-11(8-20)14(15,16)17/h6,11H,3-5,8H2,1-2H3. The summed E-state index contributed by atoms with van der Waals surface area (Å²) in [6.45, 7) is 3.95. The molecule has 2 heterocycles. The topological polar surface area (TPSA) is 39.9 Å². The van der Waals surface area contributed by atoms with Crippen LogP contribution in [0.25, 0.3) is 0 Å². The Kier molecular flexibility index (Phi) is 3.89. The summed E-state index contributed by atoms with van der Waals surface area (Å²) in [7, 11) is 0. The first-order chi connectivity index (χ1) is 9.32. The van der Waals surface area contributed by atoms with E-state index in [4.69, 9.17) is 0 Å². The average molecular weight is 283 g/mol. The van der Waals surface area contributed by atoms with Crippen molar-refractivity contribution in [1.29, 1.82) is 5.26 Å². The number of rotatable bonds is 1. The second-order valence-corrected chi connectivity index (χ2v) is 5.18. The summed E-state index contributed by atoms with van der Waals surface area (Å²) < 4.78 is 38.6. The van der Waals surface area contributed by atoms with Gasteiger partial charge in [0, 0.05) is 18.8 Å². The number of aryl methyl sites for hydroxylation is 2. The molecular weight excluding hydrogens is 267 g/mol. The molecule has 3 nitrogen and oxygen atoms in total. The van der Waals surface area contributed by atoms with Gasteiger partial charge in [-0.1, -0.05) is 0 Å². The van der Waals surface area contributed by atoms with Gasteiger partial charge in [0.25, 0.3) is 0 Å². The number of alkyl halides is 3. The summed E-state index contributed by atoms with van der Waals surface area (Å²) in [5.41, 5.74) is 2.23. The molecule has 20 heavy (non-hydrogen) atoms. The van der Waals surface area contributed by atoms with E-state index >= 15 is 0 Å². The fourth-order valence-corrected chi connectivity index (χ4v) is 2.66.